The second-order valence-corrected chi connectivity index (χ2v) is 46.7. The van der Waals surface area contributed by atoms with Gasteiger partial charge in [0.2, 0.25) is 29.5 Å². The molecule has 14 saturated heterocycles. The third kappa shape index (κ3) is 46.3. The smallest absolute Gasteiger partial charge is 0.246 e. The molecule has 1 aromatic heterocycles. The number of ether oxygens (including phenoxy) is 1. The molecule has 14 aliphatic rings. The van der Waals surface area contributed by atoms with E-state index in [9.17, 15) is 24.0 Å². The van der Waals surface area contributed by atoms with Crippen LogP contribution >= 0.6 is 0 Å². The van der Waals surface area contributed by atoms with E-state index < -0.39 is 0 Å². The number of aryl methyl sites for hydroxylation is 1. The highest BCUT2D eigenvalue weighted by molar-refractivity contribution is 5.87. The monoisotopic (exact) mass is 1990 g/mol. The van der Waals surface area contributed by atoms with Crippen LogP contribution in [0.25, 0.3) is 0 Å². The maximum atomic E-state index is 12.5. The number of piperazine rings is 5. The molecule has 3 unspecified atom stereocenters. The van der Waals surface area contributed by atoms with Gasteiger partial charge in [0.05, 0.1) is 19.7 Å². The molecule has 0 saturated carbocycles. The van der Waals surface area contributed by atoms with E-state index in [0.29, 0.717) is 97.4 Å². The molecule has 14 aliphatic heterocycles. The number of rotatable bonds is 23. The van der Waals surface area contributed by atoms with Gasteiger partial charge < -0.3 is 82.8 Å². The molecule has 2 bridgehead atoms. The van der Waals surface area contributed by atoms with Crippen molar-refractivity contribution < 1.29 is 28.7 Å². The zero-order valence-corrected chi connectivity index (χ0v) is 98.2. The van der Waals surface area contributed by atoms with Gasteiger partial charge in [-0.25, -0.2) is 4.98 Å². The first-order chi connectivity index (χ1) is 66.4. The lowest BCUT2D eigenvalue weighted by molar-refractivity contribution is -0.139. The van der Waals surface area contributed by atoms with E-state index in [-0.39, 0.29) is 17.7 Å². The van der Waals surface area contributed by atoms with Crippen LogP contribution in [0.1, 0.15) is 282 Å². The maximum Gasteiger partial charge on any atom is 0.246 e. The van der Waals surface area contributed by atoms with Gasteiger partial charge in [0.1, 0.15) is 5.82 Å². The summed E-state index contributed by atoms with van der Waals surface area (Å²) in [7, 11) is 18.7. The zero-order chi connectivity index (χ0) is 106. The number of likely N-dealkylation sites (N-methyl/N-ethyl adjacent to an activating group) is 6. The molecular weight excluding hydrogens is 1760 g/mol. The first kappa shape index (κ1) is 129. The summed E-state index contributed by atoms with van der Waals surface area (Å²) in [4.78, 5) is 111. The van der Waals surface area contributed by atoms with Gasteiger partial charge in [0.25, 0.3) is 0 Å². The zero-order valence-electron chi connectivity index (χ0n) is 98.2. The predicted octanol–water partition coefficient (Wildman–Crippen LogP) is 12.6. The highest BCUT2D eigenvalue weighted by Crippen LogP contribution is 2.34. The topological polar surface area (TPSA) is 180 Å². The van der Waals surface area contributed by atoms with Crippen molar-refractivity contribution >= 4 is 29.5 Å². The van der Waals surface area contributed by atoms with Gasteiger partial charge in [-0.1, -0.05) is 13.5 Å². The van der Waals surface area contributed by atoms with Crippen LogP contribution in [-0.2, 0) is 28.7 Å². The lowest BCUT2D eigenvalue weighted by Crippen LogP contribution is -2.69. The van der Waals surface area contributed by atoms with E-state index in [0.717, 1.165) is 217 Å². The Morgan fingerprint density at radius 3 is 1.16 bits per heavy atom. The predicted molar refractivity (Wildman–Crippen MR) is 594 cm³/mol. The van der Waals surface area contributed by atoms with Crippen LogP contribution in [0.4, 0.5) is 0 Å². The number of fused-ring (bicyclic) bond motifs is 2. The Kier molecular flexibility index (Phi) is 61.8. The van der Waals surface area contributed by atoms with Crippen LogP contribution in [0, 0.1) is 6.92 Å². The molecule has 14 fully saturated rings. The third-order valence-corrected chi connectivity index (χ3v) is 32.4. The Morgan fingerprint density at radius 2 is 0.844 bits per heavy atom. The minimum Gasteiger partial charge on any atom is -0.383 e. The fourth-order valence-electron chi connectivity index (χ4n) is 21.9. The quantitative estimate of drug-likeness (QED) is 0.0943. The number of methoxy groups -OCH3 is 1. The van der Waals surface area contributed by atoms with E-state index in [4.69, 9.17) is 4.74 Å². The van der Waals surface area contributed by atoms with Gasteiger partial charge >= 0.3 is 0 Å². The van der Waals surface area contributed by atoms with Gasteiger partial charge in [-0.05, 0) is 345 Å². The summed E-state index contributed by atoms with van der Waals surface area (Å²) in [6.45, 7) is 97.9. The summed E-state index contributed by atoms with van der Waals surface area (Å²) >= 11 is 0. The van der Waals surface area contributed by atoms with E-state index in [2.05, 4.69) is 320 Å². The van der Waals surface area contributed by atoms with Crippen LogP contribution in [0.15, 0.2) is 25.0 Å². The van der Waals surface area contributed by atoms with Crippen LogP contribution in [0.3, 0.4) is 0 Å². The largest absolute Gasteiger partial charge is 0.383 e. The minimum atomic E-state index is 0.135. The molecule has 141 heavy (non-hydrogen) atoms. The SMILES string of the molecule is C=CC(=O)N(C1CCN(C(C)C)CC1)C1CCN(C(C)C)CC1.CC(=O)N1CCN(C(C)C)CC1.CC(C)N1C2CC1CN(C)C2.CC(C)N1CCC(N(C)C)C1.CC(C)N1CCC(N(C)C)CC1.CC(C)N1CCC(N2CCN(C)C(=O)C2)CC1.CC(C)N1CCC(N2CCN(C)CC2=O)CC1.CC(C)N1CCCC1=O.CCN1CCN(C(C)C)CC1.COCCN(C)C(C)C.Cc1nccn1C(C)C. The fraction of sp³-hybridized carbons (Fsp3) is 0.911. The molecule has 15 rings (SSSR count). The normalized spacial score (nSPS) is 23.2. The van der Waals surface area contributed by atoms with E-state index in [1.54, 1.807) is 14.0 Å². The van der Waals surface area contributed by atoms with Crippen LogP contribution in [-0.4, -0.2) is 530 Å². The fourth-order valence-corrected chi connectivity index (χ4v) is 21.9. The average molecular weight is 1990 g/mol. The Labute approximate surface area is 867 Å². The average Bonchev–Trinajstić information content (AvgIpc) is 1.04. The molecule has 0 spiro atoms. The van der Waals surface area contributed by atoms with Gasteiger partial charge in [0.15, 0.2) is 0 Å². The first-order valence-electron chi connectivity index (χ1n) is 56.5. The van der Waals surface area contributed by atoms with Crippen LogP contribution in [0.5, 0.6) is 0 Å². The molecular formula is C112H225N23O6. The molecule has 0 aliphatic carbocycles. The highest BCUT2D eigenvalue weighted by atomic mass is 16.5. The summed E-state index contributed by atoms with van der Waals surface area (Å²) in [5, 5.41) is 0. The minimum absolute atomic E-state index is 0.135. The molecule has 0 aromatic carbocycles. The molecule has 29 heteroatoms. The van der Waals surface area contributed by atoms with Crippen molar-refractivity contribution in [3.8, 4) is 0 Å². The summed E-state index contributed by atoms with van der Waals surface area (Å²) in [6.07, 6.45) is 21.7. The Hall–Kier alpha value is -4.38. The molecule has 0 radical (unpaired) electrons. The molecule has 5 amide bonds. The van der Waals surface area contributed by atoms with Crippen molar-refractivity contribution in [3.05, 3.63) is 30.9 Å². The number of carbonyl (C=O) groups is 5. The standard InChI is InChI=1S/C19H35N3O.2C13H25N3O.C10H22N2.C9H18N2O.C9H18N2.2C9H20N2.C7H12N2.C7H13NO.C7H17NO/c1-6-19(23)22(17-7-11-20(12-8-17)15(2)3)18-9-13-21(14-10-18)16(4)5;1-11(2)15-6-4-12(5-7-15)16-9-8-14(3)13(17)10-16;1-11(2)15-6-4-12(5-7-15)16-9-8-14(3)10-13(16)17;1-9(2)12-7-5-10(6-8-12)11(3)4;1-8(2)10-4-6-11(7-5-10)9(3)12;1-7(2)11-8-4-9(11)6-10(3)5-8;1-8(2)11-6-5-9(7-11)10(3)4;1-4-10-5-7-11(8-6-10)9(2)3;1-6(2)9-5-4-8-7(9)3;1-6(2)8-5-3-4-7(8)9;1-7(2)8(3)5-6-9-4/h6,15-18H,1,7-14H2,2-5H3;2*11-12H,4-10H2,1-3H3;9-10H,5-8H2,1-4H3;8H,4-7H2,1-3H3;7-9H,4-6H2,1-3H3;8-9H,5-7H2,1-4H3;9H,4-8H2,1-3H3;4-6H,1-3H3;6H,3-5H2,1-2H3;7H,5-6H2,1-4H3. The number of amides is 5. The molecule has 824 valence electrons. The van der Waals surface area contributed by atoms with Crippen molar-refractivity contribution in [2.45, 2.75) is 398 Å². The van der Waals surface area contributed by atoms with Crippen molar-refractivity contribution in [3.63, 3.8) is 0 Å². The van der Waals surface area contributed by atoms with Gasteiger partial charge in [-0.15, -0.1) is 0 Å². The van der Waals surface area contributed by atoms with E-state index in [1.165, 1.54) is 130 Å². The number of hydrogen-bond donors (Lipinski definition) is 0. The second kappa shape index (κ2) is 67.6. The number of carbonyl (C=O) groups excluding carboxylic acids is 5. The number of imidazole rings is 1. The number of hydrogen-bond acceptors (Lipinski definition) is 23. The lowest BCUT2D eigenvalue weighted by Gasteiger charge is -2.57. The van der Waals surface area contributed by atoms with Crippen LogP contribution < -0.4 is 0 Å². The molecule has 0 N–H and O–H groups in total. The summed E-state index contributed by atoms with van der Waals surface area (Å²) in [6, 6.07) is 12.9. The van der Waals surface area contributed by atoms with E-state index >= 15 is 0 Å². The Balaban J connectivity index is 0.000000328. The number of piperidine rings is 6. The summed E-state index contributed by atoms with van der Waals surface area (Å²) < 4.78 is 7.06. The van der Waals surface area contributed by atoms with Gasteiger partial charge in [-0.2, -0.15) is 0 Å². The van der Waals surface area contributed by atoms with Crippen molar-refractivity contribution in [1.82, 2.24) is 112 Å². The number of nitrogens with zero attached hydrogens (tertiary/aromatic N) is 23. The van der Waals surface area contributed by atoms with Gasteiger partial charge in [0, 0.05) is 318 Å². The summed E-state index contributed by atoms with van der Waals surface area (Å²) in [5.74, 6) is 2.36. The third-order valence-electron chi connectivity index (χ3n) is 32.4. The van der Waals surface area contributed by atoms with Gasteiger partial charge in [-0.3, -0.25) is 53.4 Å². The highest BCUT2D eigenvalue weighted by Gasteiger charge is 2.45. The Bertz CT molecular complexity index is 3400. The molecule has 3 atom stereocenters. The van der Waals surface area contributed by atoms with Crippen molar-refractivity contribution in [2.24, 2.45) is 0 Å². The number of likely N-dealkylation sites (tertiary alicyclic amines) is 7. The molecule has 29 nitrogen and oxygen atoms in total. The first-order valence-corrected chi connectivity index (χ1v) is 56.5. The summed E-state index contributed by atoms with van der Waals surface area (Å²) in [5.41, 5.74) is 0. The molecule has 1 aromatic rings. The van der Waals surface area contributed by atoms with Crippen molar-refractivity contribution in [2.75, 3.05) is 273 Å². The van der Waals surface area contributed by atoms with E-state index in [1.807, 2.05) is 48.1 Å². The Morgan fingerprint density at radius 1 is 0.433 bits per heavy atom. The van der Waals surface area contributed by atoms with Crippen molar-refractivity contribution in [1.29, 1.82) is 0 Å². The lowest BCUT2D eigenvalue weighted by atomic mass is 9.86. The second-order valence-electron chi connectivity index (χ2n) is 46.7. The van der Waals surface area contributed by atoms with Crippen LogP contribution in [0.2, 0.25) is 0 Å². The molecule has 15 heterocycles. The number of aromatic nitrogens is 2. The maximum absolute atomic E-state index is 12.5.